The van der Waals surface area contributed by atoms with Crippen molar-refractivity contribution in [3.8, 4) is 0 Å². The van der Waals surface area contributed by atoms with Crippen molar-refractivity contribution in [2.75, 3.05) is 25.6 Å². The van der Waals surface area contributed by atoms with E-state index in [1.165, 1.54) is 0 Å². The zero-order valence-corrected chi connectivity index (χ0v) is 17.7. The van der Waals surface area contributed by atoms with Crippen LogP contribution in [0, 0.1) is 0 Å². The van der Waals surface area contributed by atoms with E-state index in [-0.39, 0.29) is 19.5 Å². The number of hydrazone groups is 2. The molecule has 0 aromatic carbocycles. The second-order valence-corrected chi connectivity index (χ2v) is 5.37. The van der Waals surface area contributed by atoms with E-state index in [2.05, 4.69) is 31.7 Å². The average molecular weight is 386 g/mol. The van der Waals surface area contributed by atoms with Gasteiger partial charge in [-0.2, -0.15) is 10.2 Å². The average Bonchev–Trinajstić information content (AvgIpc) is 2.41. The van der Waals surface area contributed by atoms with Gasteiger partial charge in [-0.1, -0.05) is 0 Å². The monoisotopic (exact) mass is 384 g/mol. The van der Waals surface area contributed by atoms with E-state index >= 15 is 0 Å². The second kappa shape index (κ2) is 13.7. The third-order valence-electron chi connectivity index (χ3n) is 1.77. The first-order valence-electron chi connectivity index (χ1n) is 5.59. The number of hydrogen-bond acceptors (Lipinski definition) is 5. The van der Waals surface area contributed by atoms with Gasteiger partial charge in [-0.25, -0.2) is 0 Å². The molecule has 0 fully saturated rings. The van der Waals surface area contributed by atoms with E-state index in [1.807, 2.05) is 13.8 Å². The molecule has 0 aliphatic carbocycles. The van der Waals surface area contributed by atoms with E-state index in [1.54, 1.807) is 25.9 Å². The molecule has 0 atom stereocenters. The van der Waals surface area contributed by atoms with Crippen LogP contribution in [0.2, 0.25) is 0 Å². The molecule has 0 aromatic rings. The molecule has 0 unspecified atom stereocenters. The topological polar surface area (TPSA) is 72.8 Å². The number of nitrogens with zero attached hydrogens (tertiary/aromatic N) is 2. The van der Waals surface area contributed by atoms with Gasteiger partial charge in [0.15, 0.2) is 10.2 Å². The zero-order chi connectivity index (χ0) is 14.7. The number of nitrogens with one attached hydrogen (secondary N) is 4. The fourth-order valence-corrected chi connectivity index (χ4v) is 1.73. The van der Waals surface area contributed by atoms with Gasteiger partial charge in [0.25, 0.3) is 0 Å². The van der Waals surface area contributed by atoms with Crippen LogP contribution in [-0.4, -0.2) is 47.2 Å². The Hall–Kier alpha value is -0.307. The van der Waals surface area contributed by atoms with E-state index < -0.39 is 0 Å². The summed E-state index contributed by atoms with van der Waals surface area (Å²) >= 11 is 11.6. The van der Waals surface area contributed by atoms with Gasteiger partial charge in [0.1, 0.15) is 0 Å². The van der Waals surface area contributed by atoms with E-state index in [0.29, 0.717) is 10.2 Å². The van der Waals surface area contributed by atoms with E-state index in [4.69, 9.17) is 24.4 Å². The van der Waals surface area contributed by atoms with Gasteiger partial charge in [-0.05, 0) is 38.3 Å². The minimum atomic E-state index is 0. The molecule has 0 aromatic heterocycles. The van der Waals surface area contributed by atoms with E-state index in [0.717, 1.165) is 22.9 Å². The van der Waals surface area contributed by atoms with Crippen LogP contribution < -0.4 is 21.5 Å². The van der Waals surface area contributed by atoms with Crippen LogP contribution in [0.15, 0.2) is 10.2 Å². The van der Waals surface area contributed by atoms with Gasteiger partial charge < -0.3 is 10.6 Å². The Labute approximate surface area is 148 Å². The van der Waals surface area contributed by atoms with Gasteiger partial charge in [-0.3, -0.25) is 10.9 Å². The van der Waals surface area contributed by atoms with Crippen molar-refractivity contribution < 1.29 is 19.5 Å². The molecule has 6 nitrogen and oxygen atoms in total. The molecular formula is C10H20N6S3Zn. The third kappa shape index (κ3) is 12.7. The molecule has 110 valence electrons. The second-order valence-electron chi connectivity index (χ2n) is 3.57. The molecule has 0 saturated carbocycles. The first-order valence-corrected chi connectivity index (χ1v) is 7.56. The van der Waals surface area contributed by atoms with Crippen molar-refractivity contribution >= 4 is 57.8 Å². The molecule has 0 aliphatic heterocycles. The Morgan fingerprint density at radius 1 is 0.900 bits per heavy atom. The number of rotatable bonds is 6. The normalized spacial score (nSPS) is 11.2. The van der Waals surface area contributed by atoms with Gasteiger partial charge >= 0.3 is 0 Å². The van der Waals surface area contributed by atoms with Crippen LogP contribution in [0.5, 0.6) is 0 Å². The summed E-state index contributed by atoms with van der Waals surface area (Å²) in [4.78, 5) is 0. The molecule has 0 aliphatic rings. The molecule has 0 bridgehead atoms. The molecule has 0 radical (unpaired) electrons. The molecule has 0 spiro atoms. The Bertz CT molecular complexity index is 338. The predicted molar refractivity (Wildman–Crippen MR) is 93.1 cm³/mol. The van der Waals surface area contributed by atoms with Crippen molar-refractivity contribution in [2.45, 2.75) is 13.8 Å². The molecule has 20 heavy (non-hydrogen) atoms. The van der Waals surface area contributed by atoms with E-state index in [9.17, 15) is 0 Å². The summed E-state index contributed by atoms with van der Waals surface area (Å²) in [5.74, 6) is 1.62. The number of thioether (sulfide) groups is 1. The van der Waals surface area contributed by atoms with Gasteiger partial charge in [0, 0.05) is 56.5 Å². The first-order chi connectivity index (χ1) is 8.99. The smallest absolute Gasteiger partial charge is 0.186 e. The SMILES string of the molecule is CNC(=S)NN=C(C)CSCC(C)=NNC(=S)NC.[Zn]. The predicted octanol–water partition coefficient (Wildman–Crippen LogP) is 0.657. The van der Waals surface area contributed by atoms with Gasteiger partial charge in [-0.15, -0.1) is 11.8 Å². The summed E-state index contributed by atoms with van der Waals surface area (Å²) in [5, 5.41) is 14.9. The van der Waals surface area contributed by atoms with Crippen LogP contribution in [0.4, 0.5) is 0 Å². The Balaban J connectivity index is 0. The maximum absolute atomic E-state index is 4.92. The van der Waals surface area contributed by atoms with Gasteiger partial charge in [0.2, 0.25) is 0 Å². The largest absolute Gasteiger partial charge is 0.364 e. The molecule has 10 heteroatoms. The summed E-state index contributed by atoms with van der Waals surface area (Å²) in [6, 6.07) is 0. The summed E-state index contributed by atoms with van der Waals surface area (Å²) in [5.41, 5.74) is 7.42. The molecular weight excluding hydrogens is 366 g/mol. The van der Waals surface area contributed by atoms with Crippen molar-refractivity contribution in [3.05, 3.63) is 0 Å². The third-order valence-corrected chi connectivity index (χ3v) is 3.61. The summed E-state index contributed by atoms with van der Waals surface area (Å²) in [7, 11) is 3.49. The molecule has 0 amide bonds. The van der Waals surface area contributed by atoms with Crippen molar-refractivity contribution in [3.63, 3.8) is 0 Å². The Morgan fingerprint density at radius 2 is 1.25 bits per heavy atom. The van der Waals surface area contributed by atoms with Crippen LogP contribution in [0.1, 0.15) is 13.8 Å². The minimum absolute atomic E-state index is 0. The number of thiocarbonyl (C=S) groups is 2. The van der Waals surface area contributed by atoms with Crippen LogP contribution in [0.3, 0.4) is 0 Å². The molecule has 0 heterocycles. The molecule has 0 saturated heterocycles. The Kier molecular flexibility index (Phi) is 15.0. The van der Waals surface area contributed by atoms with Crippen LogP contribution in [0.25, 0.3) is 0 Å². The number of hydrogen-bond donors (Lipinski definition) is 4. The van der Waals surface area contributed by atoms with Crippen molar-refractivity contribution in [2.24, 2.45) is 10.2 Å². The van der Waals surface area contributed by atoms with Crippen molar-refractivity contribution in [1.29, 1.82) is 0 Å². The molecule has 0 rings (SSSR count). The maximum atomic E-state index is 4.92. The van der Waals surface area contributed by atoms with Gasteiger partial charge in [0.05, 0.1) is 0 Å². The zero-order valence-electron chi connectivity index (χ0n) is 12.2. The molecule has 4 N–H and O–H groups in total. The summed E-state index contributed by atoms with van der Waals surface area (Å²) in [6.07, 6.45) is 0. The fraction of sp³-hybridized carbons (Fsp3) is 0.600. The fourth-order valence-electron chi connectivity index (χ4n) is 0.815. The summed E-state index contributed by atoms with van der Waals surface area (Å²) < 4.78 is 0. The van der Waals surface area contributed by atoms with Crippen molar-refractivity contribution in [1.82, 2.24) is 21.5 Å². The maximum Gasteiger partial charge on any atom is 0.186 e. The Morgan fingerprint density at radius 3 is 1.55 bits per heavy atom. The standard InChI is InChI=1S/C10H20N6S3.Zn/c1-7(13-15-9(17)11-3)5-19-6-8(2)14-16-10(18)12-4;/h5-6H2,1-4H3,(H2,11,15,17)(H2,12,16,18);. The summed E-state index contributed by atoms with van der Waals surface area (Å²) in [6.45, 7) is 3.89. The first kappa shape index (κ1) is 22.0. The van der Waals surface area contributed by atoms with Crippen LogP contribution >= 0.6 is 36.2 Å². The minimum Gasteiger partial charge on any atom is -0.364 e. The van der Waals surface area contributed by atoms with Crippen LogP contribution in [-0.2, 0) is 19.5 Å². The quantitative estimate of drug-likeness (QED) is 0.232.